The minimum absolute atomic E-state index is 0.0360. The van der Waals surface area contributed by atoms with Crippen LogP contribution in [0.2, 0.25) is 0 Å². The molecule has 2 aromatic rings. The number of urea groups is 1. The first kappa shape index (κ1) is 32.1. The first-order valence-corrected chi connectivity index (χ1v) is 13.2. The van der Waals surface area contributed by atoms with E-state index in [9.17, 15) is 19.2 Å². The molecule has 2 rings (SSSR count). The van der Waals surface area contributed by atoms with Gasteiger partial charge in [-0.3, -0.25) is 9.59 Å². The van der Waals surface area contributed by atoms with E-state index in [1.54, 1.807) is 62.8 Å². The molecule has 0 saturated carbocycles. The molecule has 0 aliphatic rings. The molecule has 0 unspecified atom stereocenters. The second-order valence-corrected chi connectivity index (χ2v) is 9.19. The van der Waals surface area contributed by atoms with E-state index in [0.717, 1.165) is 30.5 Å². The quantitative estimate of drug-likeness (QED) is 0.197. The average molecular weight is 559 g/mol. The van der Waals surface area contributed by atoms with Crippen LogP contribution in [0, 0.1) is 0 Å². The Bertz CT molecular complexity index is 1090. The molecule has 0 aliphatic heterocycles. The molecule has 0 heterocycles. The summed E-state index contributed by atoms with van der Waals surface area (Å²) in [6.45, 7) is 2.14. The third-order valence-corrected chi connectivity index (χ3v) is 6.11. The topological polar surface area (TPSA) is 157 Å². The second-order valence-electron chi connectivity index (χ2n) is 9.19. The number of nitrogens with one attached hydrogen (secondary N) is 2. The van der Waals surface area contributed by atoms with Crippen LogP contribution in [-0.4, -0.2) is 56.6 Å². The molecule has 0 saturated heterocycles. The minimum atomic E-state index is -1.14. The summed E-state index contributed by atoms with van der Waals surface area (Å²) in [5.74, 6) is -0.106. The lowest BCUT2D eigenvalue weighted by molar-refractivity contribution is -0.368. The van der Waals surface area contributed by atoms with Crippen LogP contribution in [0.5, 0.6) is 11.5 Å². The maximum absolute atomic E-state index is 12.9. The SMILES string of the molecule is COc1ccc(COC(=O)CC[C@H](NC(=O)N[C@@H](CCCC[NH3+])C(C)=O)C(=O)OCc2ccc(OC)cc2)cc1. The Hall–Kier alpha value is -4.12. The van der Waals surface area contributed by atoms with Crippen molar-refractivity contribution in [3.63, 3.8) is 0 Å². The van der Waals surface area contributed by atoms with E-state index in [4.69, 9.17) is 18.9 Å². The molecule has 40 heavy (non-hydrogen) atoms. The van der Waals surface area contributed by atoms with Crippen LogP contribution in [-0.2, 0) is 37.1 Å². The number of unbranched alkanes of at least 4 members (excludes halogenated alkanes) is 1. The van der Waals surface area contributed by atoms with E-state index in [0.29, 0.717) is 17.9 Å². The van der Waals surface area contributed by atoms with E-state index in [1.807, 2.05) is 0 Å². The maximum Gasteiger partial charge on any atom is 0.329 e. The Labute approximate surface area is 234 Å². The zero-order valence-corrected chi connectivity index (χ0v) is 23.4. The third kappa shape index (κ3) is 11.7. The number of ketones is 1. The zero-order valence-electron chi connectivity index (χ0n) is 23.4. The number of ether oxygens (including phenoxy) is 4. The van der Waals surface area contributed by atoms with Crippen molar-refractivity contribution in [3.8, 4) is 11.5 Å². The van der Waals surface area contributed by atoms with Gasteiger partial charge < -0.3 is 35.3 Å². The summed E-state index contributed by atoms with van der Waals surface area (Å²) in [6, 6.07) is 11.5. The highest BCUT2D eigenvalue weighted by atomic mass is 16.5. The fourth-order valence-corrected chi connectivity index (χ4v) is 3.71. The second kappa shape index (κ2) is 17.5. The molecule has 11 heteroatoms. The van der Waals surface area contributed by atoms with Crippen molar-refractivity contribution >= 4 is 23.8 Å². The standard InChI is InChI=1S/C29H39N3O8/c1-20(33)25(6-4-5-17-30)31-29(36)32-26(28(35)40-19-22-9-13-24(38-3)14-10-22)15-16-27(34)39-18-21-7-11-23(37-2)12-8-21/h7-14,25-26H,4-6,15-19,30H2,1-3H3,(H2,31,32,36)/p+1/t25-,26-/m0/s1. The van der Waals surface area contributed by atoms with E-state index in [-0.39, 0.29) is 31.8 Å². The highest BCUT2D eigenvalue weighted by Gasteiger charge is 2.26. The van der Waals surface area contributed by atoms with Gasteiger partial charge in [0.2, 0.25) is 0 Å². The van der Waals surface area contributed by atoms with E-state index in [2.05, 4.69) is 16.4 Å². The molecule has 0 spiro atoms. The molecule has 0 bridgehead atoms. The molecule has 0 aromatic heterocycles. The fourth-order valence-electron chi connectivity index (χ4n) is 3.71. The van der Waals surface area contributed by atoms with Crippen molar-refractivity contribution in [2.45, 2.75) is 64.3 Å². The van der Waals surface area contributed by atoms with Gasteiger partial charge in [-0.05, 0) is 68.0 Å². The molecule has 0 aliphatic carbocycles. The number of benzene rings is 2. The number of esters is 2. The van der Waals surface area contributed by atoms with Gasteiger partial charge in [0.05, 0.1) is 26.8 Å². The number of amides is 2. The minimum Gasteiger partial charge on any atom is -0.497 e. The molecule has 2 atom stereocenters. The molecular weight excluding hydrogens is 518 g/mol. The predicted molar refractivity (Wildman–Crippen MR) is 146 cm³/mol. The summed E-state index contributed by atoms with van der Waals surface area (Å²) in [4.78, 5) is 50.1. The summed E-state index contributed by atoms with van der Waals surface area (Å²) < 4.78 is 21.0. The highest BCUT2D eigenvalue weighted by Crippen LogP contribution is 2.14. The largest absolute Gasteiger partial charge is 0.497 e. The van der Waals surface area contributed by atoms with Crippen LogP contribution in [0.3, 0.4) is 0 Å². The summed E-state index contributed by atoms with van der Waals surface area (Å²) in [7, 11) is 3.11. The lowest BCUT2D eigenvalue weighted by Gasteiger charge is -2.21. The van der Waals surface area contributed by atoms with Gasteiger partial charge in [-0.25, -0.2) is 9.59 Å². The Morgan fingerprint density at radius 3 is 1.77 bits per heavy atom. The van der Waals surface area contributed by atoms with Crippen LogP contribution in [0.1, 0.15) is 50.2 Å². The van der Waals surface area contributed by atoms with Crippen molar-refractivity contribution < 1.29 is 43.9 Å². The Balaban J connectivity index is 1.99. The predicted octanol–water partition coefficient (Wildman–Crippen LogP) is 2.31. The maximum atomic E-state index is 12.9. The van der Waals surface area contributed by atoms with Gasteiger partial charge in [-0.15, -0.1) is 0 Å². The number of carbonyl (C=O) groups excluding carboxylic acids is 4. The number of hydrogen-bond donors (Lipinski definition) is 3. The summed E-state index contributed by atoms with van der Waals surface area (Å²) in [5, 5.41) is 5.18. The normalized spacial score (nSPS) is 12.0. The Morgan fingerprint density at radius 2 is 1.27 bits per heavy atom. The fraction of sp³-hybridized carbons (Fsp3) is 0.448. The zero-order chi connectivity index (χ0) is 29.3. The monoisotopic (exact) mass is 558 g/mol. The molecular formula is C29H40N3O8+. The molecule has 218 valence electrons. The molecule has 0 radical (unpaired) electrons. The van der Waals surface area contributed by atoms with Gasteiger partial charge in [0, 0.05) is 6.42 Å². The van der Waals surface area contributed by atoms with Crippen molar-refractivity contribution in [1.82, 2.24) is 10.6 Å². The molecule has 2 amide bonds. The summed E-state index contributed by atoms with van der Waals surface area (Å²) in [6.07, 6.45) is 1.82. The number of carbonyl (C=O) groups is 4. The summed E-state index contributed by atoms with van der Waals surface area (Å²) in [5.41, 5.74) is 5.28. The van der Waals surface area contributed by atoms with Gasteiger partial charge in [-0.1, -0.05) is 24.3 Å². The first-order chi connectivity index (χ1) is 19.2. The first-order valence-electron chi connectivity index (χ1n) is 13.2. The Morgan fingerprint density at radius 1 is 0.750 bits per heavy atom. The highest BCUT2D eigenvalue weighted by molar-refractivity contribution is 5.89. The van der Waals surface area contributed by atoms with Gasteiger partial charge >= 0.3 is 18.0 Å². The van der Waals surface area contributed by atoms with Crippen LogP contribution in [0.4, 0.5) is 4.79 Å². The number of rotatable bonds is 17. The molecule has 2 aromatic carbocycles. The van der Waals surface area contributed by atoms with Gasteiger partial charge in [-0.2, -0.15) is 0 Å². The van der Waals surface area contributed by atoms with Crippen LogP contribution >= 0.6 is 0 Å². The molecule has 11 nitrogen and oxygen atoms in total. The van der Waals surface area contributed by atoms with Gasteiger partial charge in [0.15, 0.2) is 5.78 Å². The van der Waals surface area contributed by atoms with E-state index in [1.165, 1.54) is 6.92 Å². The third-order valence-electron chi connectivity index (χ3n) is 6.11. The van der Waals surface area contributed by atoms with Crippen molar-refractivity contribution in [3.05, 3.63) is 59.7 Å². The Kier molecular flexibility index (Phi) is 14.0. The molecule has 5 N–H and O–H groups in total. The van der Waals surface area contributed by atoms with Crippen LogP contribution in [0.15, 0.2) is 48.5 Å². The number of quaternary nitrogens is 1. The van der Waals surface area contributed by atoms with Gasteiger partial charge in [0.1, 0.15) is 30.8 Å². The lowest BCUT2D eigenvalue weighted by atomic mass is 10.1. The lowest BCUT2D eigenvalue weighted by Crippen LogP contribution is -2.51. The van der Waals surface area contributed by atoms with Crippen molar-refractivity contribution in [2.75, 3.05) is 20.8 Å². The number of hydrogen-bond acceptors (Lipinski definition) is 8. The van der Waals surface area contributed by atoms with E-state index >= 15 is 0 Å². The van der Waals surface area contributed by atoms with Crippen LogP contribution in [0.25, 0.3) is 0 Å². The van der Waals surface area contributed by atoms with Crippen molar-refractivity contribution in [2.24, 2.45) is 0 Å². The smallest absolute Gasteiger partial charge is 0.329 e. The van der Waals surface area contributed by atoms with Crippen LogP contribution < -0.4 is 25.8 Å². The molecule has 0 fully saturated rings. The number of methoxy groups -OCH3 is 2. The summed E-state index contributed by atoms with van der Waals surface area (Å²) >= 11 is 0. The van der Waals surface area contributed by atoms with Gasteiger partial charge in [0.25, 0.3) is 0 Å². The van der Waals surface area contributed by atoms with E-state index < -0.39 is 30.1 Å². The average Bonchev–Trinajstić information content (AvgIpc) is 2.96. The van der Waals surface area contributed by atoms with Crippen molar-refractivity contribution in [1.29, 1.82) is 0 Å². The number of Topliss-reactive ketones (excluding diaryl/α,β-unsaturated/α-hetero) is 1.